The van der Waals surface area contributed by atoms with Crippen molar-refractivity contribution in [3.8, 4) is 28.4 Å². The van der Waals surface area contributed by atoms with E-state index in [0.717, 1.165) is 5.56 Å². The van der Waals surface area contributed by atoms with Gasteiger partial charge in [0, 0.05) is 36.6 Å². The number of carbonyl (C=O) groups is 2. The average Bonchev–Trinajstić information content (AvgIpc) is 3.31. The number of amides is 2. The summed E-state index contributed by atoms with van der Waals surface area (Å²) in [6.07, 6.45) is 3.01. The molecule has 0 spiro atoms. The third kappa shape index (κ3) is 5.36. The summed E-state index contributed by atoms with van der Waals surface area (Å²) in [5.41, 5.74) is 2.99. The fourth-order valence-electron chi connectivity index (χ4n) is 3.43. The largest absolute Gasteiger partial charge is 0.479 e. The maximum atomic E-state index is 13.2. The third-order valence-electron chi connectivity index (χ3n) is 5.25. The van der Waals surface area contributed by atoms with Crippen molar-refractivity contribution < 1.29 is 18.8 Å². The molecule has 36 heavy (non-hydrogen) atoms. The Balaban J connectivity index is 1.53. The lowest BCUT2D eigenvalue weighted by Crippen LogP contribution is -2.31. The summed E-state index contributed by atoms with van der Waals surface area (Å²) in [6.45, 7) is 2.78. The number of pyridine rings is 1. The molecule has 184 valence electrons. The molecule has 3 N–H and O–H groups in total. The van der Waals surface area contributed by atoms with E-state index in [-0.39, 0.29) is 17.6 Å². The molecule has 4 rings (SSSR count). The summed E-state index contributed by atoms with van der Waals surface area (Å²) < 4.78 is 10.7. The van der Waals surface area contributed by atoms with Gasteiger partial charge in [-0.1, -0.05) is 35.5 Å². The molecule has 0 aliphatic rings. The van der Waals surface area contributed by atoms with Gasteiger partial charge < -0.3 is 25.2 Å². The lowest BCUT2D eigenvalue weighted by atomic mass is 10.1. The predicted octanol–water partition coefficient (Wildman–Crippen LogP) is 2.71. The normalized spacial score (nSPS) is 10.6. The van der Waals surface area contributed by atoms with Gasteiger partial charge in [0.2, 0.25) is 11.7 Å². The van der Waals surface area contributed by atoms with Crippen LogP contribution in [0.3, 0.4) is 0 Å². The molecule has 0 radical (unpaired) electrons. The highest BCUT2D eigenvalue weighted by Gasteiger charge is 2.23. The van der Waals surface area contributed by atoms with E-state index in [1.165, 1.54) is 19.5 Å². The number of nitrogens with zero attached hydrogens (tertiary/aromatic N) is 4. The Bertz CT molecular complexity index is 1350. The molecule has 0 atom stereocenters. The van der Waals surface area contributed by atoms with Crippen molar-refractivity contribution in [3.05, 3.63) is 72.0 Å². The van der Waals surface area contributed by atoms with Crippen LogP contribution < -0.4 is 20.7 Å². The van der Waals surface area contributed by atoms with Gasteiger partial charge in [0.1, 0.15) is 22.7 Å². The first-order valence-corrected chi connectivity index (χ1v) is 11.1. The van der Waals surface area contributed by atoms with Crippen molar-refractivity contribution in [2.24, 2.45) is 0 Å². The first-order valence-electron chi connectivity index (χ1n) is 11.1. The molecule has 3 heterocycles. The van der Waals surface area contributed by atoms with Crippen LogP contribution in [-0.4, -0.2) is 59.2 Å². The Kier molecular flexibility index (Phi) is 7.61. The van der Waals surface area contributed by atoms with Crippen molar-refractivity contribution in [2.45, 2.75) is 6.92 Å². The summed E-state index contributed by atoms with van der Waals surface area (Å²) in [7, 11) is 3.25. The Morgan fingerprint density at radius 3 is 2.42 bits per heavy atom. The van der Waals surface area contributed by atoms with Gasteiger partial charge in [-0.2, -0.15) is 0 Å². The van der Waals surface area contributed by atoms with E-state index < -0.39 is 5.91 Å². The summed E-state index contributed by atoms with van der Waals surface area (Å²) in [6, 6.07) is 12.7. The van der Waals surface area contributed by atoms with E-state index in [0.29, 0.717) is 47.1 Å². The number of carbonyl (C=O) groups excluding carboxylic acids is 2. The quantitative estimate of drug-likeness (QED) is 0.304. The Morgan fingerprint density at radius 2 is 1.72 bits per heavy atom. The molecular weight excluding hydrogens is 462 g/mol. The van der Waals surface area contributed by atoms with Crippen LogP contribution in [0.5, 0.6) is 5.88 Å². The molecule has 0 unspecified atom stereocenters. The second-order valence-corrected chi connectivity index (χ2v) is 7.69. The van der Waals surface area contributed by atoms with Gasteiger partial charge in [0.15, 0.2) is 0 Å². The maximum Gasteiger partial charge on any atom is 0.289 e. The van der Waals surface area contributed by atoms with Gasteiger partial charge in [-0.3, -0.25) is 9.59 Å². The first kappa shape index (κ1) is 24.5. The summed E-state index contributed by atoms with van der Waals surface area (Å²) in [4.78, 5) is 38.0. The van der Waals surface area contributed by atoms with Crippen LogP contribution in [0.4, 0.5) is 5.69 Å². The van der Waals surface area contributed by atoms with Crippen molar-refractivity contribution in [1.29, 1.82) is 0 Å². The number of rotatable bonds is 9. The highest BCUT2D eigenvalue weighted by molar-refractivity contribution is 6.09. The van der Waals surface area contributed by atoms with Crippen LogP contribution in [0, 0.1) is 6.92 Å². The predicted molar refractivity (Wildman–Crippen MR) is 133 cm³/mol. The summed E-state index contributed by atoms with van der Waals surface area (Å²) in [5.74, 6) is -0.118. The van der Waals surface area contributed by atoms with Crippen LogP contribution in [0.15, 0.2) is 59.4 Å². The third-order valence-corrected chi connectivity index (χ3v) is 5.25. The molecule has 0 saturated heterocycles. The van der Waals surface area contributed by atoms with Crippen molar-refractivity contribution in [3.63, 3.8) is 0 Å². The molecule has 0 bridgehead atoms. The molecule has 1 aromatic carbocycles. The lowest BCUT2D eigenvalue weighted by Gasteiger charge is -2.11. The smallest absolute Gasteiger partial charge is 0.289 e. The van der Waals surface area contributed by atoms with Crippen LogP contribution in [0.1, 0.15) is 26.7 Å². The minimum atomic E-state index is -0.405. The zero-order chi connectivity index (χ0) is 25.5. The SMILES string of the molecule is CNCCNC(=O)c1ncc(-c2ccc(NC(=O)c3c(-c4ccccc4)noc3C)c(OC)n2)cn1. The zero-order valence-electron chi connectivity index (χ0n) is 20.0. The number of ether oxygens (including phenoxy) is 1. The van der Waals surface area contributed by atoms with E-state index in [1.54, 1.807) is 26.1 Å². The van der Waals surface area contributed by atoms with Crippen LogP contribution in [0.2, 0.25) is 0 Å². The molecule has 11 heteroatoms. The number of anilines is 1. The Hall–Kier alpha value is -4.64. The Morgan fingerprint density at radius 1 is 0.972 bits per heavy atom. The van der Waals surface area contributed by atoms with Crippen molar-refractivity contribution in [2.75, 3.05) is 32.6 Å². The average molecular weight is 488 g/mol. The number of aryl methyl sites for hydroxylation is 1. The van der Waals surface area contributed by atoms with E-state index in [4.69, 9.17) is 9.26 Å². The van der Waals surface area contributed by atoms with Gasteiger partial charge in [-0.25, -0.2) is 15.0 Å². The first-order chi connectivity index (χ1) is 17.5. The standard InChI is InChI=1S/C25H25N7O4/c1-15-20(21(32-36-15)16-7-5-4-6-8-16)23(33)30-19-10-9-18(31-25(19)35-3)17-13-28-22(29-14-17)24(34)27-12-11-26-2/h4-10,13-14,26H,11-12H2,1-3H3,(H,27,34)(H,30,33). The van der Waals surface area contributed by atoms with Crippen LogP contribution in [-0.2, 0) is 0 Å². The maximum absolute atomic E-state index is 13.2. The van der Waals surface area contributed by atoms with Gasteiger partial charge in [0.05, 0.1) is 12.8 Å². The summed E-state index contributed by atoms with van der Waals surface area (Å²) >= 11 is 0. The number of benzene rings is 1. The van der Waals surface area contributed by atoms with Crippen molar-refractivity contribution in [1.82, 2.24) is 30.7 Å². The van der Waals surface area contributed by atoms with Crippen molar-refractivity contribution >= 4 is 17.5 Å². The molecule has 0 aliphatic heterocycles. The van der Waals surface area contributed by atoms with Crippen LogP contribution in [0.25, 0.3) is 22.5 Å². The van der Waals surface area contributed by atoms with E-state index in [2.05, 4.69) is 36.1 Å². The fraction of sp³-hybridized carbons (Fsp3) is 0.200. The molecule has 0 fully saturated rings. The fourth-order valence-corrected chi connectivity index (χ4v) is 3.43. The number of hydrogen-bond acceptors (Lipinski definition) is 9. The Labute approximate surface area is 207 Å². The number of methoxy groups -OCH3 is 1. The molecular formula is C25H25N7O4. The van der Waals surface area contributed by atoms with Gasteiger partial charge in [-0.05, 0) is 26.1 Å². The summed E-state index contributed by atoms with van der Waals surface area (Å²) in [5, 5.41) is 12.5. The van der Waals surface area contributed by atoms with Gasteiger partial charge in [-0.15, -0.1) is 0 Å². The lowest BCUT2D eigenvalue weighted by molar-refractivity contribution is 0.0943. The number of nitrogens with one attached hydrogen (secondary N) is 3. The molecule has 2 amide bonds. The van der Waals surface area contributed by atoms with E-state index in [9.17, 15) is 9.59 Å². The van der Waals surface area contributed by atoms with E-state index >= 15 is 0 Å². The van der Waals surface area contributed by atoms with Crippen LogP contribution >= 0.6 is 0 Å². The zero-order valence-corrected chi connectivity index (χ0v) is 20.0. The highest BCUT2D eigenvalue weighted by Crippen LogP contribution is 2.29. The second kappa shape index (κ2) is 11.2. The minimum Gasteiger partial charge on any atom is -0.479 e. The monoisotopic (exact) mass is 487 g/mol. The van der Waals surface area contributed by atoms with Gasteiger partial charge >= 0.3 is 0 Å². The minimum absolute atomic E-state index is 0.0593. The second-order valence-electron chi connectivity index (χ2n) is 7.69. The molecule has 0 saturated carbocycles. The molecule has 0 aliphatic carbocycles. The highest BCUT2D eigenvalue weighted by atomic mass is 16.5. The topological polar surface area (TPSA) is 144 Å². The molecule has 4 aromatic rings. The molecule has 3 aromatic heterocycles. The van der Waals surface area contributed by atoms with E-state index in [1.807, 2.05) is 30.3 Å². The number of aromatic nitrogens is 4. The molecule has 11 nitrogen and oxygen atoms in total. The number of hydrogen-bond donors (Lipinski definition) is 3. The number of likely N-dealkylation sites (N-methyl/N-ethyl adjacent to an activating group) is 1. The van der Waals surface area contributed by atoms with Gasteiger partial charge in [0.25, 0.3) is 11.8 Å².